The largest absolute Gasteiger partial charge is 0.356 e. The fraction of sp³-hybridized carbons (Fsp3) is 0.476. The van der Waals surface area contributed by atoms with Crippen LogP contribution >= 0.6 is 35.3 Å². The van der Waals surface area contributed by atoms with E-state index in [0.717, 1.165) is 47.5 Å². The summed E-state index contributed by atoms with van der Waals surface area (Å²) in [6.07, 6.45) is 0.993. The molecule has 158 valence electrons. The first-order valence-electron chi connectivity index (χ1n) is 9.70. The molecule has 0 atom stereocenters. The SMILES string of the molecule is CN=C(NCCCn1c(C)nc2ccccc21)NCc1nc(C(C)(C)C)cs1.I. The van der Waals surface area contributed by atoms with Gasteiger partial charge in [0.25, 0.3) is 0 Å². The lowest BCUT2D eigenvalue weighted by Crippen LogP contribution is -2.37. The molecule has 0 aliphatic carbocycles. The Morgan fingerprint density at radius 3 is 2.62 bits per heavy atom. The number of imidazole rings is 1. The lowest BCUT2D eigenvalue weighted by molar-refractivity contribution is 0.570. The molecule has 8 heteroatoms. The summed E-state index contributed by atoms with van der Waals surface area (Å²) >= 11 is 1.69. The van der Waals surface area contributed by atoms with Crippen LogP contribution in [-0.4, -0.2) is 34.1 Å². The minimum absolute atomic E-state index is 0. The molecule has 0 saturated carbocycles. The Morgan fingerprint density at radius 2 is 1.93 bits per heavy atom. The minimum atomic E-state index is 0. The van der Waals surface area contributed by atoms with Gasteiger partial charge in [-0.3, -0.25) is 4.99 Å². The van der Waals surface area contributed by atoms with Gasteiger partial charge < -0.3 is 15.2 Å². The fourth-order valence-electron chi connectivity index (χ4n) is 3.04. The molecule has 0 saturated heterocycles. The van der Waals surface area contributed by atoms with Crippen LogP contribution in [0.25, 0.3) is 11.0 Å². The second-order valence-corrected chi connectivity index (χ2v) is 8.82. The van der Waals surface area contributed by atoms with Crippen molar-refractivity contribution in [1.29, 1.82) is 0 Å². The van der Waals surface area contributed by atoms with Crippen LogP contribution < -0.4 is 10.6 Å². The number of guanidine groups is 1. The van der Waals surface area contributed by atoms with Gasteiger partial charge in [-0.05, 0) is 25.5 Å². The van der Waals surface area contributed by atoms with Crippen molar-refractivity contribution in [3.8, 4) is 0 Å². The number of aliphatic imine (C=N–C) groups is 1. The third kappa shape index (κ3) is 6.15. The van der Waals surface area contributed by atoms with Crippen LogP contribution in [0.4, 0.5) is 0 Å². The molecule has 3 aromatic rings. The van der Waals surface area contributed by atoms with E-state index in [-0.39, 0.29) is 29.4 Å². The maximum absolute atomic E-state index is 4.72. The second kappa shape index (κ2) is 10.4. The number of nitrogens with one attached hydrogen (secondary N) is 2. The molecule has 2 aromatic heterocycles. The summed E-state index contributed by atoms with van der Waals surface area (Å²) in [7, 11) is 1.80. The summed E-state index contributed by atoms with van der Waals surface area (Å²) in [5.74, 6) is 1.86. The van der Waals surface area contributed by atoms with Gasteiger partial charge in [0.15, 0.2) is 5.96 Å². The van der Waals surface area contributed by atoms with Crippen molar-refractivity contribution in [2.75, 3.05) is 13.6 Å². The summed E-state index contributed by atoms with van der Waals surface area (Å²) in [4.78, 5) is 13.7. The molecular weight excluding hydrogens is 495 g/mol. The van der Waals surface area contributed by atoms with Gasteiger partial charge in [0.05, 0.1) is 23.3 Å². The summed E-state index contributed by atoms with van der Waals surface area (Å²) in [6.45, 7) is 11.1. The first-order chi connectivity index (χ1) is 13.4. The number of fused-ring (bicyclic) bond motifs is 1. The van der Waals surface area contributed by atoms with E-state index in [9.17, 15) is 0 Å². The summed E-state index contributed by atoms with van der Waals surface area (Å²) in [6, 6.07) is 8.28. The molecule has 0 amide bonds. The Bertz CT molecular complexity index is 954. The van der Waals surface area contributed by atoms with Crippen LogP contribution in [0.3, 0.4) is 0 Å². The molecule has 0 bridgehead atoms. The van der Waals surface area contributed by atoms with Crippen molar-refractivity contribution >= 4 is 52.3 Å². The predicted molar refractivity (Wildman–Crippen MR) is 134 cm³/mol. The normalized spacial score (nSPS) is 12.1. The van der Waals surface area contributed by atoms with Gasteiger partial charge in [-0.1, -0.05) is 32.9 Å². The number of aromatic nitrogens is 3. The van der Waals surface area contributed by atoms with Gasteiger partial charge in [-0.2, -0.15) is 0 Å². The van der Waals surface area contributed by atoms with Crippen LogP contribution in [-0.2, 0) is 18.5 Å². The molecule has 0 fully saturated rings. The van der Waals surface area contributed by atoms with Gasteiger partial charge in [0.2, 0.25) is 0 Å². The number of hydrogen-bond acceptors (Lipinski definition) is 4. The van der Waals surface area contributed by atoms with Crippen molar-refractivity contribution in [1.82, 2.24) is 25.2 Å². The molecule has 0 radical (unpaired) electrons. The summed E-state index contributed by atoms with van der Waals surface area (Å²) < 4.78 is 2.27. The zero-order valence-corrected chi connectivity index (χ0v) is 21.0. The molecule has 0 aliphatic heterocycles. The molecule has 2 heterocycles. The number of rotatable bonds is 6. The van der Waals surface area contributed by atoms with E-state index in [4.69, 9.17) is 4.98 Å². The highest BCUT2D eigenvalue weighted by atomic mass is 127. The molecule has 2 N–H and O–H groups in total. The Labute approximate surface area is 194 Å². The van der Waals surface area contributed by atoms with E-state index in [1.54, 1.807) is 18.4 Å². The van der Waals surface area contributed by atoms with Crippen LogP contribution in [0.1, 0.15) is 43.7 Å². The highest BCUT2D eigenvalue weighted by Crippen LogP contribution is 2.23. The molecule has 6 nitrogen and oxygen atoms in total. The summed E-state index contributed by atoms with van der Waals surface area (Å²) in [5.41, 5.74) is 3.48. The van der Waals surface area contributed by atoms with Crippen molar-refractivity contribution < 1.29 is 0 Å². The number of nitrogens with zero attached hydrogens (tertiary/aromatic N) is 4. The fourth-order valence-corrected chi connectivity index (χ4v) is 4.00. The van der Waals surface area contributed by atoms with Gasteiger partial charge in [-0.25, -0.2) is 9.97 Å². The smallest absolute Gasteiger partial charge is 0.191 e. The third-order valence-corrected chi connectivity index (χ3v) is 5.50. The number of para-hydroxylation sites is 2. The average Bonchev–Trinajstić information content (AvgIpc) is 3.25. The number of hydrogen-bond donors (Lipinski definition) is 2. The van der Waals surface area contributed by atoms with E-state index < -0.39 is 0 Å². The molecule has 1 aromatic carbocycles. The van der Waals surface area contributed by atoms with E-state index in [2.05, 4.69) is 76.5 Å². The zero-order valence-electron chi connectivity index (χ0n) is 17.8. The third-order valence-electron chi connectivity index (χ3n) is 4.65. The van der Waals surface area contributed by atoms with Crippen molar-refractivity contribution in [3.63, 3.8) is 0 Å². The lowest BCUT2D eigenvalue weighted by Gasteiger charge is -2.14. The van der Waals surface area contributed by atoms with E-state index >= 15 is 0 Å². The predicted octanol–water partition coefficient (Wildman–Crippen LogP) is 4.47. The zero-order chi connectivity index (χ0) is 20.1. The number of thiazole rings is 1. The molecule has 0 spiro atoms. The van der Waals surface area contributed by atoms with Crippen LogP contribution in [0.5, 0.6) is 0 Å². The van der Waals surface area contributed by atoms with Gasteiger partial charge in [0.1, 0.15) is 10.8 Å². The van der Waals surface area contributed by atoms with Gasteiger partial charge in [-0.15, -0.1) is 35.3 Å². The molecular formula is C21H31IN6S. The number of halogens is 1. The van der Waals surface area contributed by atoms with Crippen molar-refractivity contribution in [2.45, 2.75) is 52.6 Å². The maximum Gasteiger partial charge on any atom is 0.191 e. The molecule has 0 unspecified atom stereocenters. The van der Waals surface area contributed by atoms with Gasteiger partial charge in [0, 0.05) is 30.9 Å². The van der Waals surface area contributed by atoms with Crippen LogP contribution in [0.15, 0.2) is 34.6 Å². The van der Waals surface area contributed by atoms with Crippen LogP contribution in [0.2, 0.25) is 0 Å². The number of aryl methyl sites for hydroxylation is 2. The standard InChI is InChI=1S/C21H30N6S.HI/c1-15-25-16-9-6-7-10-17(16)27(15)12-8-11-23-20(22-5)24-13-19-26-18(14-28-19)21(2,3)4;/h6-7,9-10,14H,8,11-13H2,1-5H3,(H2,22,23,24);1H. The highest BCUT2D eigenvalue weighted by Gasteiger charge is 2.17. The minimum Gasteiger partial charge on any atom is -0.356 e. The maximum atomic E-state index is 4.72. The van der Waals surface area contributed by atoms with Crippen molar-refractivity contribution in [2.24, 2.45) is 4.99 Å². The summed E-state index contributed by atoms with van der Waals surface area (Å²) in [5, 5.41) is 9.96. The first-order valence-corrected chi connectivity index (χ1v) is 10.6. The quantitative estimate of drug-likeness (QED) is 0.215. The Morgan fingerprint density at radius 1 is 1.17 bits per heavy atom. The van der Waals surface area contributed by atoms with E-state index in [1.807, 2.05) is 6.07 Å². The van der Waals surface area contributed by atoms with E-state index in [0.29, 0.717) is 6.54 Å². The molecule has 29 heavy (non-hydrogen) atoms. The molecule has 0 aliphatic rings. The topological polar surface area (TPSA) is 67.1 Å². The molecule has 3 rings (SSSR count). The van der Waals surface area contributed by atoms with Crippen molar-refractivity contribution in [3.05, 3.63) is 46.2 Å². The van der Waals surface area contributed by atoms with E-state index in [1.165, 1.54) is 5.52 Å². The van der Waals surface area contributed by atoms with Crippen LogP contribution in [0, 0.1) is 6.92 Å². The monoisotopic (exact) mass is 526 g/mol. The van der Waals surface area contributed by atoms with Gasteiger partial charge >= 0.3 is 0 Å². The second-order valence-electron chi connectivity index (χ2n) is 7.88. The Balaban J connectivity index is 0.00000300. The Hall–Kier alpha value is -1.68. The number of benzene rings is 1. The highest BCUT2D eigenvalue weighted by molar-refractivity contribution is 14.0. The Kier molecular flexibility index (Phi) is 8.45. The average molecular weight is 526 g/mol. The lowest BCUT2D eigenvalue weighted by atomic mass is 9.93. The first kappa shape index (κ1) is 23.6.